The molecule has 0 aliphatic heterocycles. The number of aryl methyl sites for hydroxylation is 1. The van der Waals surface area contributed by atoms with Gasteiger partial charge in [-0.15, -0.1) is 0 Å². The molecule has 0 aliphatic carbocycles. The lowest BCUT2D eigenvalue weighted by molar-refractivity contribution is -0.140. The number of carbonyl (C=O) groups is 2. The Morgan fingerprint density at radius 3 is 2.13 bits per heavy atom. The third-order valence-corrected chi connectivity index (χ3v) is 10.1. The Kier molecular flexibility index (Phi) is 11.9. The number of halogens is 2. The summed E-state index contributed by atoms with van der Waals surface area (Å²) in [6.45, 7) is 7.50. The summed E-state index contributed by atoms with van der Waals surface area (Å²) in [7, 11) is -4.19. The van der Waals surface area contributed by atoms with Gasteiger partial charge in [0.1, 0.15) is 12.6 Å². The molecule has 0 saturated heterocycles. The molecule has 4 aromatic rings. The number of nitrogens with zero attached hydrogens (tertiary/aromatic N) is 2. The van der Waals surface area contributed by atoms with Gasteiger partial charge in [-0.1, -0.05) is 104 Å². The number of hydrogen-bond acceptors (Lipinski definition) is 4. The summed E-state index contributed by atoms with van der Waals surface area (Å²) in [4.78, 5) is 30.0. The molecule has 0 saturated carbocycles. The predicted octanol–water partition coefficient (Wildman–Crippen LogP) is 7.22. The molecule has 0 aliphatic rings. The summed E-state index contributed by atoms with van der Waals surface area (Å²) in [6, 6.07) is 26.7. The summed E-state index contributed by atoms with van der Waals surface area (Å²) >= 11 is 12.8. The third-order valence-electron chi connectivity index (χ3n) is 7.77. The van der Waals surface area contributed by atoms with Crippen LogP contribution in [-0.4, -0.2) is 44.3 Å². The van der Waals surface area contributed by atoms with Gasteiger partial charge in [-0.25, -0.2) is 8.42 Å². The lowest BCUT2D eigenvalue weighted by atomic mass is 10.0. The van der Waals surface area contributed by atoms with E-state index in [1.165, 1.54) is 17.0 Å². The van der Waals surface area contributed by atoms with Crippen LogP contribution in [0.3, 0.4) is 0 Å². The average Bonchev–Trinajstić information content (AvgIpc) is 3.03. The Hall–Kier alpha value is -3.85. The Labute approximate surface area is 282 Å². The smallest absolute Gasteiger partial charge is 0.264 e. The zero-order valence-corrected chi connectivity index (χ0v) is 28.7. The van der Waals surface area contributed by atoms with Crippen LogP contribution in [0.15, 0.2) is 102 Å². The fourth-order valence-electron chi connectivity index (χ4n) is 5.05. The van der Waals surface area contributed by atoms with Crippen LogP contribution in [-0.2, 0) is 32.6 Å². The molecular weight excluding hydrogens is 641 g/mol. The van der Waals surface area contributed by atoms with Crippen LogP contribution in [0.1, 0.15) is 36.1 Å². The first kappa shape index (κ1) is 35.0. The average molecular weight is 681 g/mol. The van der Waals surface area contributed by atoms with Crippen LogP contribution in [0.25, 0.3) is 0 Å². The number of carbonyl (C=O) groups excluding carboxylic acids is 2. The van der Waals surface area contributed by atoms with Crippen molar-refractivity contribution in [2.45, 2.75) is 51.6 Å². The van der Waals surface area contributed by atoms with Crippen molar-refractivity contribution in [2.24, 2.45) is 5.92 Å². The van der Waals surface area contributed by atoms with Gasteiger partial charge in [-0.3, -0.25) is 13.9 Å². The monoisotopic (exact) mass is 679 g/mol. The SMILES string of the molecule is Cc1cccc(N(CC(=O)N(Cc2ccc(Cl)cc2Cl)C(Cc2ccccc2)C(=O)NCC(C)C)S(=O)(=O)c2ccccc2)c1C. The normalized spacial score (nSPS) is 12.1. The van der Waals surface area contributed by atoms with Crippen LogP contribution in [0, 0.1) is 19.8 Å². The van der Waals surface area contributed by atoms with Crippen molar-refractivity contribution in [2.75, 3.05) is 17.4 Å². The van der Waals surface area contributed by atoms with Gasteiger partial charge in [0.15, 0.2) is 0 Å². The van der Waals surface area contributed by atoms with Crippen LogP contribution >= 0.6 is 23.2 Å². The molecule has 10 heteroatoms. The number of sulfonamides is 1. The molecule has 0 fully saturated rings. The molecule has 1 N–H and O–H groups in total. The van der Waals surface area contributed by atoms with E-state index >= 15 is 0 Å². The number of anilines is 1. The molecule has 242 valence electrons. The maximum absolute atomic E-state index is 14.6. The molecule has 0 aromatic heterocycles. The minimum Gasteiger partial charge on any atom is -0.354 e. The van der Waals surface area contributed by atoms with Crippen LogP contribution in [0.4, 0.5) is 5.69 Å². The minimum atomic E-state index is -4.19. The topological polar surface area (TPSA) is 86.8 Å². The number of amides is 2. The van der Waals surface area contributed by atoms with Gasteiger partial charge >= 0.3 is 0 Å². The van der Waals surface area contributed by atoms with E-state index in [1.807, 2.05) is 64.1 Å². The number of rotatable bonds is 13. The van der Waals surface area contributed by atoms with Crippen molar-refractivity contribution < 1.29 is 18.0 Å². The van der Waals surface area contributed by atoms with Gasteiger partial charge in [-0.2, -0.15) is 0 Å². The van der Waals surface area contributed by atoms with Gasteiger partial charge < -0.3 is 10.2 Å². The standard InChI is InChI=1S/C36H39Cl2N3O4S/c1-25(2)22-39-36(43)34(20-28-13-7-5-8-14-28)40(23-29-18-19-30(37)21-32(29)38)35(42)24-41(33-17-11-12-26(3)27(33)4)46(44,45)31-15-9-6-10-16-31/h5-19,21,25,34H,20,22-24H2,1-4H3,(H,39,43). The van der Waals surface area contributed by atoms with Crippen LogP contribution in [0.5, 0.6) is 0 Å². The fraction of sp³-hybridized carbons (Fsp3) is 0.278. The maximum atomic E-state index is 14.6. The lowest BCUT2D eigenvalue weighted by Gasteiger charge is -2.34. The summed E-state index contributed by atoms with van der Waals surface area (Å²) in [5.41, 5.74) is 3.38. The highest BCUT2D eigenvalue weighted by molar-refractivity contribution is 7.92. The minimum absolute atomic E-state index is 0.0477. The second kappa shape index (κ2) is 15.6. The quantitative estimate of drug-likeness (QED) is 0.162. The largest absolute Gasteiger partial charge is 0.354 e. The molecule has 46 heavy (non-hydrogen) atoms. The summed E-state index contributed by atoms with van der Waals surface area (Å²) in [5, 5.41) is 3.74. The van der Waals surface area contributed by atoms with Gasteiger partial charge in [0.2, 0.25) is 11.8 Å². The molecule has 1 atom stereocenters. The fourth-order valence-corrected chi connectivity index (χ4v) is 7.01. The first-order valence-electron chi connectivity index (χ1n) is 15.1. The van der Waals surface area contributed by atoms with Crippen molar-refractivity contribution >= 4 is 50.7 Å². The first-order valence-corrected chi connectivity index (χ1v) is 17.3. The molecule has 0 heterocycles. The lowest BCUT2D eigenvalue weighted by Crippen LogP contribution is -2.53. The van der Waals surface area contributed by atoms with Crippen molar-refractivity contribution in [3.63, 3.8) is 0 Å². The zero-order chi connectivity index (χ0) is 33.4. The summed E-state index contributed by atoms with van der Waals surface area (Å²) < 4.78 is 29.6. The van der Waals surface area contributed by atoms with E-state index in [-0.39, 0.29) is 29.7 Å². The Balaban J connectivity index is 1.84. The van der Waals surface area contributed by atoms with E-state index in [4.69, 9.17) is 23.2 Å². The van der Waals surface area contributed by atoms with Gasteiger partial charge in [0, 0.05) is 29.6 Å². The molecule has 4 rings (SSSR count). The second-order valence-corrected chi connectivity index (χ2v) is 14.4. The Bertz CT molecular complexity index is 1770. The molecule has 1 unspecified atom stereocenters. The van der Waals surface area contributed by atoms with Gasteiger partial charge in [0.25, 0.3) is 10.0 Å². The third kappa shape index (κ3) is 8.69. The Morgan fingerprint density at radius 2 is 1.50 bits per heavy atom. The second-order valence-electron chi connectivity index (χ2n) is 11.6. The van der Waals surface area contributed by atoms with Crippen molar-refractivity contribution in [3.05, 3.63) is 129 Å². The van der Waals surface area contributed by atoms with E-state index in [0.29, 0.717) is 27.8 Å². The van der Waals surface area contributed by atoms with E-state index in [1.54, 1.807) is 48.5 Å². The van der Waals surface area contributed by atoms with Crippen molar-refractivity contribution in [3.8, 4) is 0 Å². The van der Waals surface area contributed by atoms with Gasteiger partial charge in [0.05, 0.1) is 10.6 Å². The van der Waals surface area contributed by atoms with Gasteiger partial charge in [-0.05, 0) is 72.4 Å². The number of hydrogen-bond donors (Lipinski definition) is 1. The number of benzene rings is 4. The highest BCUT2D eigenvalue weighted by Gasteiger charge is 2.35. The van der Waals surface area contributed by atoms with Crippen molar-refractivity contribution in [1.82, 2.24) is 10.2 Å². The highest BCUT2D eigenvalue weighted by Crippen LogP contribution is 2.30. The van der Waals surface area contributed by atoms with E-state index in [9.17, 15) is 18.0 Å². The van der Waals surface area contributed by atoms with E-state index in [0.717, 1.165) is 21.0 Å². The molecule has 4 aromatic carbocycles. The molecule has 0 radical (unpaired) electrons. The van der Waals surface area contributed by atoms with E-state index < -0.39 is 28.5 Å². The predicted molar refractivity (Wildman–Crippen MR) is 186 cm³/mol. The zero-order valence-electron chi connectivity index (χ0n) is 26.4. The molecule has 0 spiro atoms. The molecular formula is C36H39Cl2N3O4S. The first-order chi connectivity index (χ1) is 21.9. The summed E-state index contributed by atoms with van der Waals surface area (Å²) in [5.74, 6) is -0.737. The van der Waals surface area contributed by atoms with E-state index in [2.05, 4.69) is 5.32 Å². The van der Waals surface area contributed by atoms with Crippen LogP contribution < -0.4 is 9.62 Å². The Morgan fingerprint density at radius 1 is 0.848 bits per heavy atom. The maximum Gasteiger partial charge on any atom is 0.264 e. The molecule has 2 amide bonds. The van der Waals surface area contributed by atoms with Crippen molar-refractivity contribution in [1.29, 1.82) is 0 Å². The molecule has 0 bridgehead atoms. The number of nitrogens with one attached hydrogen (secondary N) is 1. The summed E-state index contributed by atoms with van der Waals surface area (Å²) in [6.07, 6.45) is 0.205. The molecule has 7 nitrogen and oxygen atoms in total. The van der Waals surface area contributed by atoms with Crippen LogP contribution in [0.2, 0.25) is 10.0 Å². The highest BCUT2D eigenvalue weighted by atomic mass is 35.5.